The van der Waals surface area contributed by atoms with E-state index in [1.165, 1.54) is 10.5 Å². The Balaban J connectivity index is 1.76. The van der Waals surface area contributed by atoms with E-state index in [4.69, 9.17) is 11.6 Å². The number of benzene rings is 1. The molecule has 0 atom stereocenters. The van der Waals surface area contributed by atoms with Gasteiger partial charge in [-0.15, -0.1) is 0 Å². The molecule has 0 aromatic heterocycles. The average Bonchev–Trinajstić information content (AvgIpc) is 2.85. The molecule has 0 saturated carbocycles. The zero-order valence-electron chi connectivity index (χ0n) is 11.1. The predicted molar refractivity (Wildman–Crippen MR) is 77.1 cm³/mol. The molecule has 3 amide bonds. The van der Waals surface area contributed by atoms with Gasteiger partial charge in [-0.1, -0.05) is 11.6 Å². The number of carbonyl (C=O) groups is 2. The second-order valence-electron chi connectivity index (χ2n) is 5.08. The Labute approximate surface area is 122 Å². The summed E-state index contributed by atoms with van der Waals surface area (Å²) in [7, 11) is 0. The van der Waals surface area contributed by atoms with Crippen molar-refractivity contribution in [1.82, 2.24) is 10.2 Å². The topological polar surface area (TPSA) is 52.7 Å². The zero-order valence-corrected chi connectivity index (χ0v) is 11.8. The van der Waals surface area contributed by atoms with Crippen LogP contribution in [0.15, 0.2) is 18.2 Å². The number of hydrogen-bond acceptors (Lipinski definition) is 3. The zero-order chi connectivity index (χ0) is 14.1. The van der Waals surface area contributed by atoms with Crippen LogP contribution in [0.1, 0.15) is 12.0 Å². The maximum absolute atomic E-state index is 12.2. The van der Waals surface area contributed by atoms with Crippen molar-refractivity contribution in [2.24, 2.45) is 0 Å². The van der Waals surface area contributed by atoms with Gasteiger partial charge in [0.1, 0.15) is 0 Å². The fourth-order valence-electron chi connectivity index (χ4n) is 2.77. The molecule has 5 nitrogen and oxygen atoms in total. The third kappa shape index (κ3) is 2.45. The van der Waals surface area contributed by atoms with Gasteiger partial charge < -0.3 is 10.2 Å². The van der Waals surface area contributed by atoms with Crippen LogP contribution in [0.4, 0.5) is 10.5 Å². The Kier molecular flexibility index (Phi) is 3.53. The van der Waals surface area contributed by atoms with Crippen molar-refractivity contribution in [2.75, 3.05) is 31.1 Å². The van der Waals surface area contributed by atoms with E-state index >= 15 is 0 Å². The lowest BCUT2D eigenvalue weighted by atomic mass is 10.0. The van der Waals surface area contributed by atoms with Crippen LogP contribution in [0.25, 0.3) is 0 Å². The van der Waals surface area contributed by atoms with Crippen LogP contribution in [0.5, 0.6) is 0 Å². The molecular weight excluding hydrogens is 278 g/mol. The fraction of sp³-hybridized carbons (Fsp3) is 0.429. The quantitative estimate of drug-likeness (QED) is 0.902. The first-order chi connectivity index (χ1) is 9.65. The molecule has 1 aromatic rings. The first-order valence-electron chi connectivity index (χ1n) is 6.77. The summed E-state index contributed by atoms with van der Waals surface area (Å²) >= 11 is 6.01. The molecule has 2 aliphatic rings. The van der Waals surface area contributed by atoms with Crippen molar-refractivity contribution in [3.63, 3.8) is 0 Å². The van der Waals surface area contributed by atoms with E-state index in [2.05, 4.69) is 5.32 Å². The van der Waals surface area contributed by atoms with Crippen LogP contribution < -0.4 is 10.2 Å². The Morgan fingerprint density at radius 2 is 2.20 bits per heavy atom. The number of halogens is 1. The van der Waals surface area contributed by atoms with Crippen molar-refractivity contribution in [2.45, 2.75) is 12.8 Å². The summed E-state index contributed by atoms with van der Waals surface area (Å²) in [6.07, 6.45) is 1.97. The van der Waals surface area contributed by atoms with Gasteiger partial charge in [-0.25, -0.2) is 4.79 Å². The minimum Gasteiger partial charge on any atom is -0.362 e. The molecule has 0 aliphatic carbocycles. The van der Waals surface area contributed by atoms with Crippen LogP contribution in [-0.4, -0.2) is 43.0 Å². The highest BCUT2D eigenvalue weighted by molar-refractivity contribution is 6.30. The highest BCUT2D eigenvalue weighted by Gasteiger charge is 2.28. The number of aryl methyl sites for hydroxylation is 1. The summed E-state index contributed by atoms with van der Waals surface area (Å²) in [6.45, 7) is 2.06. The maximum atomic E-state index is 12.2. The molecule has 1 saturated heterocycles. The number of urea groups is 1. The third-order valence-electron chi connectivity index (χ3n) is 3.74. The predicted octanol–water partition coefficient (Wildman–Crippen LogP) is 1.64. The smallest absolute Gasteiger partial charge is 0.324 e. The minimum atomic E-state index is -0.289. The number of hydrogen-bond donors (Lipinski definition) is 1. The average molecular weight is 294 g/mol. The van der Waals surface area contributed by atoms with Crippen LogP contribution in [0.3, 0.4) is 0 Å². The van der Waals surface area contributed by atoms with E-state index in [0.717, 1.165) is 30.1 Å². The second-order valence-corrected chi connectivity index (χ2v) is 5.51. The van der Waals surface area contributed by atoms with Gasteiger partial charge in [0, 0.05) is 30.3 Å². The molecule has 0 spiro atoms. The van der Waals surface area contributed by atoms with Crippen LogP contribution in [0, 0.1) is 0 Å². The summed E-state index contributed by atoms with van der Waals surface area (Å²) in [5.74, 6) is -0.150. The van der Waals surface area contributed by atoms with Crippen LogP contribution in [0.2, 0.25) is 5.02 Å². The van der Waals surface area contributed by atoms with Gasteiger partial charge in [-0.2, -0.15) is 0 Å². The second kappa shape index (κ2) is 5.32. The van der Waals surface area contributed by atoms with Crippen LogP contribution in [-0.2, 0) is 11.2 Å². The molecule has 0 unspecified atom stereocenters. The van der Waals surface area contributed by atoms with Crippen molar-refractivity contribution in [1.29, 1.82) is 0 Å². The van der Waals surface area contributed by atoms with E-state index in [1.807, 2.05) is 23.1 Å². The Morgan fingerprint density at radius 1 is 1.35 bits per heavy atom. The fourth-order valence-corrected chi connectivity index (χ4v) is 2.96. The van der Waals surface area contributed by atoms with Gasteiger partial charge in [0.05, 0.1) is 6.54 Å². The standard InChI is InChI=1S/C14H16ClN3O2/c15-11-3-4-12-10(8-11)2-1-6-17(12)9-13(19)18-7-5-16-14(18)20/h3-4,8H,1-2,5-7,9H2,(H,16,20). The number of anilines is 1. The van der Waals surface area contributed by atoms with Gasteiger partial charge in [-0.3, -0.25) is 9.69 Å². The molecule has 6 heteroatoms. The largest absolute Gasteiger partial charge is 0.362 e. The first kappa shape index (κ1) is 13.2. The number of rotatable bonds is 2. The molecular formula is C14H16ClN3O2. The van der Waals surface area contributed by atoms with E-state index < -0.39 is 0 Å². The monoisotopic (exact) mass is 293 g/mol. The highest BCUT2D eigenvalue weighted by atomic mass is 35.5. The Hall–Kier alpha value is -1.75. The molecule has 2 heterocycles. The summed E-state index contributed by atoms with van der Waals surface area (Å²) in [5, 5.41) is 3.36. The van der Waals surface area contributed by atoms with Gasteiger partial charge >= 0.3 is 6.03 Å². The van der Waals surface area contributed by atoms with E-state index in [9.17, 15) is 9.59 Å². The lowest BCUT2D eigenvalue weighted by molar-refractivity contribution is -0.126. The summed E-state index contributed by atoms with van der Waals surface area (Å²) < 4.78 is 0. The Bertz CT molecular complexity index is 561. The van der Waals surface area contributed by atoms with Gasteiger partial charge in [0.25, 0.3) is 0 Å². The van der Waals surface area contributed by atoms with Gasteiger partial charge in [-0.05, 0) is 36.6 Å². The first-order valence-corrected chi connectivity index (χ1v) is 7.14. The Morgan fingerprint density at radius 3 is 2.95 bits per heavy atom. The van der Waals surface area contributed by atoms with Crippen LogP contribution >= 0.6 is 11.6 Å². The molecule has 20 heavy (non-hydrogen) atoms. The molecule has 1 aromatic carbocycles. The summed E-state index contributed by atoms with van der Waals surface area (Å²) in [6, 6.07) is 5.46. The highest BCUT2D eigenvalue weighted by Crippen LogP contribution is 2.29. The molecule has 106 valence electrons. The molecule has 0 bridgehead atoms. The number of amides is 3. The third-order valence-corrected chi connectivity index (χ3v) is 3.98. The number of imide groups is 1. The summed E-state index contributed by atoms with van der Waals surface area (Å²) in [4.78, 5) is 27.0. The number of nitrogens with zero attached hydrogens (tertiary/aromatic N) is 2. The molecule has 0 radical (unpaired) electrons. The minimum absolute atomic E-state index is 0.150. The normalized spacial score (nSPS) is 17.9. The van der Waals surface area contributed by atoms with Gasteiger partial charge in [0.15, 0.2) is 0 Å². The number of fused-ring (bicyclic) bond motifs is 1. The summed E-state index contributed by atoms with van der Waals surface area (Å²) in [5.41, 5.74) is 2.22. The lowest BCUT2D eigenvalue weighted by Crippen LogP contribution is -2.43. The lowest BCUT2D eigenvalue weighted by Gasteiger charge is -2.31. The van der Waals surface area contributed by atoms with E-state index in [-0.39, 0.29) is 18.5 Å². The molecule has 3 rings (SSSR count). The van der Waals surface area contributed by atoms with Crippen molar-refractivity contribution in [3.8, 4) is 0 Å². The van der Waals surface area contributed by atoms with Crippen molar-refractivity contribution < 1.29 is 9.59 Å². The van der Waals surface area contributed by atoms with Crippen molar-refractivity contribution >= 4 is 29.2 Å². The van der Waals surface area contributed by atoms with Gasteiger partial charge in [0.2, 0.25) is 5.91 Å². The number of carbonyl (C=O) groups excluding carboxylic acids is 2. The maximum Gasteiger partial charge on any atom is 0.324 e. The SMILES string of the molecule is O=C(CN1CCCc2cc(Cl)ccc21)N1CCNC1=O. The number of nitrogens with one attached hydrogen (secondary N) is 1. The van der Waals surface area contributed by atoms with E-state index in [1.54, 1.807) is 0 Å². The molecule has 1 N–H and O–H groups in total. The molecule has 2 aliphatic heterocycles. The molecule has 1 fully saturated rings. The van der Waals surface area contributed by atoms with Crippen molar-refractivity contribution in [3.05, 3.63) is 28.8 Å². The van der Waals surface area contributed by atoms with E-state index in [0.29, 0.717) is 13.1 Å².